The molecule has 170 valence electrons. The summed E-state index contributed by atoms with van der Waals surface area (Å²) >= 11 is 1.62. The summed E-state index contributed by atoms with van der Waals surface area (Å²) in [6, 6.07) is 16.0. The van der Waals surface area contributed by atoms with Crippen molar-refractivity contribution in [1.29, 1.82) is 0 Å². The normalized spacial score (nSPS) is 12.0. The predicted molar refractivity (Wildman–Crippen MR) is 127 cm³/mol. The van der Waals surface area contributed by atoms with Gasteiger partial charge in [0.1, 0.15) is 0 Å². The number of aromatic nitrogens is 3. The van der Waals surface area contributed by atoms with E-state index in [1.807, 2.05) is 24.3 Å². The average Bonchev–Trinajstić information content (AvgIpc) is 3.23. The molecule has 32 heavy (non-hydrogen) atoms. The van der Waals surface area contributed by atoms with Crippen LogP contribution < -0.4 is 5.32 Å². The molecule has 0 bridgehead atoms. The van der Waals surface area contributed by atoms with Gasteiger partial charge in [-0.2, -0.15) is 0 Å². The topological polar surface area (TPSA) is 78.3 Å². The maximum absolute atomic E-state index is 12.1. The van der Waals surface area contributed by atoms with Crippen molar-refractivity contribution in [2.24, 2.45) is 0 Å². The highest BCUT2D eigenvalue weighted by molar-refractivity contribution is 7.98. The molecule has 1 amide bonds. The van der Waals surface area contributed by atoms with Crippen LogP contribution in [0.2, 0.25) is 0 Å². The van der Waals surface area contributed by atoms with Crippen LogP contribution in [-0.4, -0.2) is 54.6 Å². The fourth-order valence-corrected chi connectivity index (χ4v) is 4.25. The lowest BCUT2D eigenvalue weighted by atomic mass is 10.1. The van der Waals surface area contributed by atoms with Crippen molar-refractivity contribution in [2.45, 2.75) is 30.8 Å². The van der Waals surface area contributed by atoms with Gasteiger partial charge in [-0.05, 0) is 31.5 Å². The van der Waals surface area contributed by atoms with E-state index in [0.717, 1.165) is 27.9 Å². The van der Waals surface area contributed by atoms with Crippen LogP contribution in [0.1, 0.15) is 34.5 Å². The molecule has 0 aliphatic carbocycles. The zero-order valence-corrected chi connectivity index (χ0v) is 19.8. The molecular weight excluding hydrogens is 424 g/mol. The predicted octanol–water partition coefficient (Wildman–Crippen LogP) is 4.13. The summed E-state index contributed by atoms with van der Waals surface area (Å²) in [6.45, 7) is 5.72. The number of amides is 1. The summed E-state index contributed by atoms with van der Waals surface area (Å²) in [5.74, 6) is 1.45. The van der Waals surface area contributed by atoms with Gasteiger partial charge in [0.25, 0.3) is 5.91 Å². The Morgan fingerprint density at radius 1 is 1.06 bits per heavy atom. The first-order chi connectivity index (χ1) is 15.5. The number of thioether (sulfide) groups is 1. The van der Waals surface area contributed by atoms with Crippen LogP contribution >= 0.6 is 11.8 Å². The summed E-state index contributed by atoms with van der Waals surface area (Å²) in [4.78, 5) is 12.1. The number of hydrogen-bond acceptors (Lipinski definition) is 6. The molecule has 0 radical (unpaired) electrons. The maximum atomic E-state index is 12.1. The Morgan fingerprint density at radius 2 is 1.78 bits per heavy atom. The van der Waals surface area contributed by atoms with Crippen molar-refractivity contribution in [3.05, 3.63) is 65.2 Å². The second-order valence-electron chi connectivity index (χ2n) is 7.58. The Hall–Kier alpha value is -2.68. The average molecular weight is 455 g/mol. The molecule has 0 aliphatic heterocycles. The summed E-state index contributed by atoms with van der Waals surface area (Å²) < 4.78 is 12.5. The van der Waals surface area contributed by atoms with E-state index in [2.05, 4.69) is 58.2 Å². The molecule has 0 saturated carbocycles. The third-order valence-corrected chi connectivity index (χ3v) is 6.01. The first-order valence-corrected chi connectivity index (χ1v) is 11.5. The number of nitrogens with one attached hydrogen (secondary N) is 1. The maximum Gasteiger partial charge on any atom is 0.251 e. The highest BCUT2D eigenvalue weighted by atomic mass is 32.2. The van der Waals surface area contributed by atoms with Crippen molar-refractivity contribution in [2.75, 3.05) is 34.0 Å². The van der Waals surface area contributed by atoms with Gasteiger partial charge in [-0.1, -0.05) is 53.7 Å². The van der Waals surface area contributed by atoms with E-state index < -0.39 is 0 Å². The minimum Gasteiger partial charge on any atom is -0.383 e. The third kappa shape index (κ3) is 6.18. The number of methoxy groups -OCH3 is 2. The van der Waals surface area contributed by atoms with Gasteiger partial charge in [-0.3, -0.25) is 9.36 Å². The third-order valence-electron chi connectivity index (χ3n) is 5.00. The Labute approximate surface area is 193 Å². The number of nitrogens with zero attached hydrogens (tertiary/aromatic N) is 3. The van der Waals surface area contributed by atoms with Gasteiger partial charge in [0.2, 0.25) is 0 Å². The molecule has 1 heterocycles. The van der Waals surface area contributed by atoms with Crippen LogP contribution in [0.5, 0.6) is 0 Å². The van der Waals surface area contributed by atoms with Crippen LogP contribution in [0.4, 0.5) is 0 Å². The molecule has 1 aromatic heterocycles. The van der Waals surface area contributed by atoms with E-state index in [0.29, 0.717) is 25.3 Å². The fourth-order valence-electron chi connectivity index (χ4n) is 3.26. The number of ether oxygens (including phenoxy) is 2. The summed E-state index contributed by atoms with van der Waals surface area (Å²) in [7, 11) is 3.31. The number of carbonyl (C=O) groups is 1. The molecule has 0 aliphatic rings. The summed E-state index contributed by atoms with van der Waals surface area (Å²) in [6.07, 6.45) is 0. The summed E-state index contributed by atoms with van der Waals surface area (Å²) in [5, 5.41) is 12.6. The number of carbonyl (C=O) groups excluding carboxylic acids is 1. The molecule has 1 atom stereocenters. The molecule has 1 N–H and O–H groups in total. The lowest BCUT2D eigenvalue weighted by Crippen LogP contribution is -2.26. The Bertz CT molecular complexity index is 1000. The molecule has 0 saturated heterocycles. The van der Waals surface area contributed by atoms with E-state index >= 15 is 0 Å². The lowest BCUT2D eigenvalue weighted by Gasteiger charge is -2.17. The van der Waals surface area contributed by atoms with Crippen LogP contribution in [0.3, 0.4) is 0 Å². The Balaban J connectivity index is 1.73. The van der Waals surface area contributed by atoms with Gasteiger partial charge in [0.05, 0.1) is 19.3 Å². The van der Waals surface area contributed by atoms with Crippen LogP contribution in [-0.2, 0) is 15.2 Å². The van der Waals surface area contributed by atoms with E-state index in [1.54, 1.807) is 26.0 Å². The first kappa shape index (κ1) is 24.0. The van der Waals surface area contributed by atoms with Crippen molar-refractivity contribution in [3.8, 4) is 11.4 Å². The smallest absolute Gasteiger partial charge is 0.251 e. The number of hydrogen-bond donors (Lipinski definition) is 1. The van der Waals surface area contributed by atoms with Crippen LogP contribution in [0.25, 0.3) is 11.4 Å². The Morgan fingerprint density at radius 3 is 2.44 bits per heavy atom. The first-order valence-electron chi connectivity index (χ1n) is 10.5. The van der Waals surface area contributed by atoms with Gasteiger partial charge in [0.15, 0.2) is 11.0 Å². The largest absolute Gasteiger partial charge is 0.383 e. The van der Waals surface area contributed by atoms with E-state index in [4.69, 9.17) is 9.47 Å². The van der Waals surface area contributed by atoms with Crippen molar-refractivity contribution >= 4 is 17.7 Å². The van der Waals surface area contributed by atoms with E-state index in [9.17, 15) is 4.79 Å². The van der Waals surface area contributed by atoms with Gasteiger partial charge in [-0.25, -0.2) is 0 Å². The fraction of sp³-hybridized carbons (Fsp3) is 0.375. The molecule has 0 fully saturated rings. The second-order valence-corrected chi connectivity index (χ2v) is 8.52. The molecular formula is C24H30N4O3S. The van der Waals surface area contributed by atoms with E-state index in [1.165, 1.54) is 5.56 Å². The van der Waals surface area contributed by atoms with Gasteiger partial charge >= 0.3 is 0 Å². The molecule has 7 nitrogen and oxygen atoms in total. The van der Waals surface area contributed by atoms with Crippen molar-refractivity contribution in [3.63, 3.8) is 0 Å². The minimum atomic E-state index is -0.0999. The van der Waals surface area contributed by atoms with Crippen LogP contribution in [0, 0.1) is 6.92 Å². The van der Waals surface area contributed by atoms with E-state index in [-0.39, 0.29) is 11.9 Å². The zero-order valence-electron chi connectivity index (χ0n) is 19.0. The van der Waals surface area contributed by atoms with Crippen LogP contribution in [0.15, 0.2) is 53.7 Å². The highest BCUT2D eigenvalue weighted by Crippen LogP contribution is 2.30. The Kier molecular flexibility index (Phi) is 8.84. The van der Waals surface area contributed by atoms with Gasteiger partial charge in [-0.15, -0.1) is 10.2 Å². The van der Waals surface area contributed by atoms with Crippen molar-refractivity contribution < 1.29 is 14.3 Å². The highest BCUT2D eigenvalue weighted by Gasteiger charge is 2.19. The molecule has 3 aromatic rings. The SMILES string of the molecule is COCCNC(=O)c1ccc(CSc2nnc(-c3ccc(C)cc3)n2[C@H](C)COC)cc1. The molecule has 2 aromatic carbocycles. The molecule has 0 unspecified atom stereocenters. The minimum absolute atomic E-state index is 0.0898. The molecule has 8 heteroatoms. The number of rotatable bonds is 11. The zero-order chi connectivity index (χ0) is 22.9. The lowest BCUT2D eigenvalue weighted by molar-refractivity contribution is 0.0937. The molecule has 0 spiro atoms. The summed E-state index contributed by atoms with van der Waals surface area (Å²) in [5.41, 5.74) is 3.97. The second kappa shape index (κ2) is 11.8. The van der Waals surface area contributed by atoms with Crippen molar-refractivity contribution in [1.82, 2.24) is 20.1 Å². The standard InChI is InChI=1S/C24H30N4O3S/c1-17-5-9-20(10-6-17)22-26-27-24(28(22)18(2)15-31-4)32-16-19-7-11-21(12-8-19)23(29)25-13-14-30-3/h5-12,18H,13-16H2,1-4H3,(H,25,29)/t18-/m1/s1. The molecule has 3 rings (SSSR count). The van der Waals surface area contributed by atoms with Gasteiger partial charge in [0, 0.05) is 37.6 Å². The quantitative estimate of drug-likeness (QED) is 0.347. The monoisotopic (exact) mass is 454 g/mol. The number of aryl methyl sites for hydroxylation is 1. The number of benzene rings is 2. The van der Waals surface area contributed by atoms with Gasteiger partial charge < -0.3 is 14.8 Å².